The van der Waals surface area contributed by atoms with Crippen molar-refractivity contribution in [2.24, 2.45) is 29.2 Å². The van der Waals surface area contributed by atoms with E-state index in [-0.39, 0.29) is 17.2 Å². The van der Waals surface area contributed by atoms with Crippen molar-refractivity contribution in [3.8, 4) is 5.75 Å². The number of nitrogens with one attached hydrogen (secondary N) is 1. The van der Waals surface area contributed by atoms with Crippen molar-refractivity contribution in [2.75, 3.05) is 19.4 Å². The number of nitrogens with zero attached hydrogens (tertiary/aromatic N) is 1. The lowest BCUT2D eigenvalue weighted by Gasteiger charge is -2.53. The van der Waals surface area contributed by atoms with E-state index in [0.717, 1.165) is 0 Å². The number of amides is 2. The number of fused-ring (bicyclic) bond motifs is 3. The number of aliphatic hydroxyl groups excluding tert-OH is 3. The Bertz CT molecular complexity index is 1420. The van der Waals surface area contributed by atoms with E-state index in [9.17, 15) is 44.7 Å². The second-order valence-electron chi connectivity index (χ2n) is 11.4. The number of nitrogens with two attached hydrogens (primary N) is 2. The quantitative estimate of drug-likeness (QED) is 0.164. The number of carbonyl (C=O) groups excluding carboxylic acids is 4. The van der Waals surface area contributed by atoms with E-state index in [1.165, 1.54) is 31.1 Å². The number of rotatable bonds is 6. The van der Waals surface area contributed by atoms with Crippen LogP contribution in [0, 0.1) is 17.8 Å². The largest absolute Gasteiger partial charge is 0.508 e. The lowest BCUT2D eigenvalue weighted by atomic mass is 9.54. The maximum atomic E-state index is 14.0. The average Bonchev–Trinajstić information content (AvgIpc) is 2.90. The number of Topliss-reactive ketones (excluding diaryl/α,β-unsaturated/α-hetero) is 2. The second-order valence-corrected chi connectivity index (χ2v) is 11.4. The molecule has 0 aromatic heterocycles. The molecule has 1 saturated carbocycles. The Morgan fingerprint density at radius 1 is 1.17 bits per heavy atom. The van der Waals surface area contributed by atoms with Gasteiger partial charge in [0.05, 0.1) is 35.4 Å². The molecular weight excluding hydrogens is 536 g/mol. The number of likely N-dealkylation sites (N-methyl/N-ethyl adjacent to an activating group) is 1. The third-order valence-electron chi connectivity index (χ3n) is 8.95. The number of phenols is 1. The summed E-state index contributed by atoms with van der Waals surface area (Å²) in [5.41, 5.74) is 6.80. The summed E-state index contributed by atoms with van der Waals surface area (Å²) in [4.78, 5) is 53.4. The SMILES string of the molecule is CC[C@H](C)[C@H](N)C(=O)Nc1ccc2c(c1O)C(O)=C1C(=O)[C@]3(O)C(O)=C(C(N)=O)C(=O)[C@@H](N(C)C)C3[C@@H](O)C1[C@H]2C. The molecule has 2 unspecified atom stereocenters. The van der Waals surface area contributed by atoms with Crippen LogP contribution < -0.4 is 16.8 Å². The van der Waals surface area contributed by atoms with Gasteiger partial charge in [0.15, 0.2) is 11.4 Å². The van der Waals surface area contributed by atoms with Crippen molar-refractivity contribution in [1.29, 1.82) is 0 Å². The van der Waals surface area contributed by atoms with Gasteiger partial charge >= 0.3 is 0 Å². The zero-order valence-corrected chi connectivity index (χ0v) is 23.4. The van der Waals surface area contributed by atoms with Gasteiger partial charge in [0.25, 0.3) is 5.91 Å². The molecule has 2 amide bonds. The number of hydrogen-bond donors (Lipinski definition) is 8. The van der Waals surface area contributed by atoms with E-state index >= 15 is 0 Å². The van der Waals surface area contributed by atoms with Crippen molar-refractivity contribution in [1.82, 2.24) is 4.90 Å². The van der Waals surface area contributed by atoms with Gasteiger partial charge in [0.2, 0.25) is 11.7 Å². The van der Waals surface area contributed by atoms with Gasteiger partial charge in [0, 0.05) is 11.5 Å². The van der Waals surface area contributed by atoms with E-state index in [4.69, 9.17) is 11.5 Å². The molecule has 8 atom stereocenters. The maximum absolute atomic E-state index is 14.0. The van der Waals surface area contributed by atoms with Crippen LogP contribution in [-0.2, 0) is 19.2 Å². The summed E-state index contributed by atoms with van der Waals surface area (Å²) < 4.78 is 0. The molecule has 1 aromatic carbocycles. The average molecular weight is 573 g/mol. The number of hydrogen-bond acceptors (Lipinski definition) is 11. The van der Waals surface area contributed by atoms with Crippen molar-refractivity contribution in [3.63, 3.8) is 0 Å². The summed E-state index contributed by atoms with van der Waals surface area (Å²) >= 11 is 0. The van der Waals surface area contributed by atoms with Crippen LogP contribution in [0.2, 0.25) is 0 Å². The molecule has 3 aliphatic rings. The molecule has 10 N–H and O–H groups in total. The molecule has 0 heterocycles. The number of anilines is 1. The minimum atomic E-state index is -3.01. The Hall–Kier alpha value is -3.78. The van der Waals surface area contributed by atoms with Crippen LogP contribution in [0.5, 0.6) is 5.75 Å². The number of phenolic OH excluding ortho intramolecular Hbond substituents is 1. The summed E-state index contributed by atoms with van der Waals surface area (Å²) in [5, 5.41) is 59.4. The van der Waals surface area contributed by atoms with Gasteiger partial charge in [-0.2, -0.15) is 0 Å². The summed E-state index contributed by atoms with van der Waals surface area (Å²) in [6.45, 7) is 5.28. The minimum absolute atomic E-state index is 0.0969. The molecule has 0 aliphatic heterocycles. The first kappa shape index (κ1) is 30.2. The Labute approximate surface area is 236 Å². The third kappa shape index (κ3) is 4.14. The van der Waals surface area contributed by atoms with Crippen LogP contribution in [0.1, 0.15) is 44.2 Å². The third-order valence-corrected chi connectivity index (χ3v) is 8.95. The first-order chi connectivity index (χ1) is 19.0. The first-order valence-electron chi connectivity index (χ1n) is 13.3. The predicted octanol–water partition coefficient (Wildman–Crippen LogP) is -0.192. The van der Waals surface area contributed by atoms with E-state index in [1.54, 1.807) is 13.8 Å². The standard InChI is InChI=1S/C28H36N4O9/c1-6-9(2)18(29)27(40)31-12-8-7-11-10(3)13-15(21(34)14(11)20(12)33)24(37)28(41)17(22(13)35)19(32(4)5)23(36)16(25(28)38)26(30)39/h7-10,13,17-19,22,33-35,38,41H,6,29H2,1-5H3,(H2,30,39)(H,31,40)/t9-,10-,13?,17?,18-,19-,22-,28-/m0/s1. The Kier molecular flexibility index (Phi) is 7.54. The minimum Gasteiger partial charge on any atom is -0.508 e. The van der Waals surface area contributed by atoms with E-state index < -0.39 is 93.3 Å². The summed E-state index contributed by atoms with van der Waals surface area (Å²) in [5.74, 6) is -10.7. The lowest BCUT2D eigenvalue weighted by molar-refractivity contribution is -0.169. The van der Waals surface area contributed by atoms with E-state index in [0.29, 0.717) is 12.0 Å². The van der Waals surface area contributed by atoms with E-state index in [1.807, 2.05) is 6.92 Å². The van der Waals surface area contributed by atoms with Crippen LogP contribution in [0.4, 0.5) is 5.69 Å². The van der Waals surface area contributed by atoms with Crippen LogP contribution in [0.3, 0.4) is 0 Å². The Balaban J connectivity index is 1.92. The fourth-order valence-corrected chi connectivity index (χ4v) is 6.45. The van der Waals surface area contributed by atoms with Gasteiger partial charge in [-0.15, -0.1) is 0 Å². The van der Waals surface area contributed by atoms with Gasteiger partial charge in [-0.1, -0.05) is 33.3 Å². The molecule has 0 radical (unpaired) electrons. The van der Waals surface area contributed by atoms with Gasteiger partial charge in [0.1, 0.15) is 22.8 Å². The number of ketones is 2. The number of aromatic hydroxyl groups is 1. The van der Waals surface area contributed by atoms with Crippen LogP contribution in [0.15, 0.2) is 29.0 Å². The van der Waals surface area contributed by atoms with E-state index in [2.05, 4.69) is 5.32 Å². The highest BCUT2D eigenvalue weighted by Gasteiger charge is 2.68. The molecule has 222 valence electrons. The Morgan fingerprint density at radius 3 is 2.32 bits per heavy atom. The van der Waals surface area contributed by atoms with Crippen LogP contribution in [-0.4, -0.2) is 91.7 Å². The van der Waals surface area contributed by atoms with Crippen LogP contribution >= 0.6 is 0 Å². The monoisotopic (exact) mass is 572 g/mol. The van der Waals surface area contributed by atoms with Crippen molar-refractivity contribution in [2.45, 2.75) is 56.9 Å². The predicted molar refractivity (Wildman–Crippen MR) is 146 cm³/mol. The number of aliphatic hydroxyl groups is 4. The fourth-order valence-electron chi connectivity index (χ4n) is 6.45. The maximum Gasteiger partial charge on any atom is 0.255 e. The first-order valence-corrected chi connectivity index (χ1v) is 13.3. The number of primary amides is 1. The second kappa shape index (κ2) is 10.2. The molecule has 1 aromatic rings. The molecule has 41 heavy (non-hydrogen) atoms. The zero-order valence-electron chi connectivity index (χ0n) is 23.4. The molecule has 0 spiro atoms. The number of benzene rings is 1. The topological polar surface area (TPSA) is 237 Å². The van der Waals surface area contributed by atoms with Crippen molar-refractivity contribution >= 4 is 34.8 Å². The summed E-state index contributed by atoms with van der Waals surface area (Å²) in [6.07, 6.45) is -1.06. The molecule has 13 heteroatoms. The number of carbonyl (C=O) groups is 4. The highest BCUT2D eigenvalue weighted by atomic mass is 16.4. The molecule has 13 nitrogen and oxygen atoms in total. The van der Waals surface area contributed by atoms with Crippen molar-refractivity contribution in [3.05, 3.63) is 40.2 Å². The molecule has 3 aliphatic carbocycles. The highest BCUT2D eigenvalue weighted by molar-refractivity contribution is 6.24. The van der Waals surface area contributed by atoms with Gasteiger partial charge in [-0.25, -0.2) is 0 Å². The van der Waals surface area contributed by atoms with Gasteiger partial charge < -0.3 is 42.3 Å². The van der Waals surface area contributed by atoms with Crippen LogP contribution in [0.25, 0.3) is 5.76 Å². The molecule has 0 bridgehead atoms. The molecular formula is C28H36N4O9. The van der Waals surface area contributed by atoms with Gasteiger partial charge in [-0.05, 0) is 37.6 Å². The zero-order chi connectivity index (χ0) is 30.9. The molecule has 1 fully saturated rings. The normalized spacial score (nSPS) is 30.9. The molecule has 4 rings (SSSR count). The van der Waals surface area contributed by atoms with Crippen molar-refractivity contribution < 1.29 is 44.7 Å². The summed E-state index contributed by atoms with van der Waals surface area (Å²) in [6, 6.07) is 0.584. The summed E-state index contributed by atoms with van der Waals surface area (Å²) in [7, 11) is 2.87. The fraction of sp³-hybridized carbons (Fsp3) is 0.500. The Morgan fingerprint density at radius 2 is 1.78 bits per heavy atom. The molecule has 0 saturated heterocycles. The van der Waals surface area contributed by atoms with Gasteiger partial charge in [-0.3, -0.25) is 24.1 Å². The highest BCUT2D eigenvalue weighted by Crippen LogP contribution is 2.56. The smallest absolute Gasteiger partial charge is 0.255 e. The lowest BCUT2D eigenvalue weighted by Crippen LogP contribution is -2.70.